The Morgan fingerprint density at radius 2 is 2.20 bits per heavy atom. The number of nitrogens with zero attached hydrogens (tertiary/aromatic N) is 1. The first-order valence-electron chi connectivity index (χ1n) is 4.22. The lowest BCUT2D eigenvalue weighted by Gasteiger charge is -2.02. The van der Waals surface area contributed by atoms with Crippen molar-refractivity contribution in [2.75, 3.05) is 6.54 Å². The van der Waals surface area contributed by atoms with Crippen molar-refractivity contribution in [1.82, 2.24) is 10.3 Å². The van der Waals surface area contributed by atoms with E-state index < -0.39 is 17.8 Å². The Bertz CT molecular complexity index is 381. The average Bonchev–Trinajstić information content (AvgIpc) is 2.17. The number of pyridine rings is 1. The largest absolute Gasteiger partial charge is 0.481 e. The molecular weight excluding hydrogens is 203 g/mol. The number of amides is 1. The van der Waals surface area contributed by atoms with Crippen LogP contribution in [0.3, 0.4) is 0 Å². The highest BCUT2D eigenvalue weighted by Crippen LogP contribution is 1.97. The van der Waals surface area contributed by atoms with Crippen molar-refractivity contribution in [2.45, 2.75) is 6.42 Å². The number of aliphatic carboxylic acids is 1. The molecule has 0 fully saturated rings. The molecule has 1 heterocycles. The summed E-state index contributed by atoms with van der Waals surface area (Å²) in [6, 6.07) is 3.82. The maximum absolute atomic E-state index is 12.6. The number of nitrogens with one attached hydrogen (secondary N) is 1. The van der Waals surface area contributed by atoms with Gasteiger partial charge in [0.05, 0.1) is 6.42 Å². The van der Waals surface area contributed by atoms with E-state index in [0.29, 0.717) is 0 Å². The van der Waals surface area contributed by atoms with Crippen molar-refractivity contribution in [2.24, 2.45) is 0 Å². The Morgan fingerprint density at radius 1 is 1.47 bits per heavy atom. The number of rotatable bonds is 4. The zero-order valence-corrected chi connectivity index (χ0v) is 7.74. The van der Waals surface area contributed by atoms with Crippen LogP contribution < -0.4 is 5.32 Å². The molecular formula is C9H9FN2O3. The fourth-order valence-corrected chi connectivity index (χ4v) is 0.908. The van der Waals surface area contributed by atoms with Gasteiger partial charge in [-0.2, -0.15) is 4.39 Å². The second-order valence-corrected chi connectivity index (χ2v) is 2.75. The first kappa shape index (κ1) is 11.1. The number of carbonyl (C=O) groups is 2. The van der Waals surface area contributed by atoms with E-state index in [1.165, 1.54) is 12.1 Å². The molecule has 2 N–H and O–H groups in total. The smallest absolute Gasteiger partial charge is 0.305 e. The molecule has 0 aliphatic carbocycles. The van der Waals surface area contributed by atoms with Gasteiger partial charge < -0.3 is 10.4 Å². The van der Waals surface area contributed by atoms with Crippen molar-refractivity contribution in [1.29, 1.82) is 0 Å². The molecule has 0 atom stereocenters. The third-order valence-corrected chi connectivity index (χ3v) is 1.57. The highest BCUT2D eigenvalue weighted by Gasteiger charge is 2.07. The lowest BCUT2D eigenvalue weighted by molar-refractivity contribution is -0.136. The van der Waals surface area contributed by atoms with Gasteiger partial charge in [0.15, 0.2) is 0 Å². The van der Waals surface area contributed by atoms with Crippen LogP contribution in [0.1, 0.15) is 16.9 Å². The van der Waals surface area contributed by atoms with Gasteiger partial charge in [0.25, 0.3) is 5.91 Å². The van der Waals surface area contributed by atoms with Crippen molar-refractivity contribution >= 4 is 11.9 Å². The zero-order valence-electron chi connectivity index (χ0n) is 7.74. The Hall–Kier alpha value is -1.98. The van der Waals surface area contributed by atoms with Crippen LogP contribution in [0.25, 0.3) is 0 Å². The zero-order chi connectivity index (χ0) is 11.3. The molecule has 1 aromatic heterocycles. The topological polar surface area (TPSA) is 79.3 Å². The van der Waals surface area contributed by atoms with Gasteiger partial charge in [-0.05, 0) is 12.1 Å². The van der Waals surface area contributed by atoms with Crippen LogP contribution in [-0.2, 0) is 4.79 Å². The van der Waals surface area contributed by atoms with E-state index in [1.54, 1.807) is 0 Å². The molecule has 0 aromatic carbocycles. The average molecular weight is 212 g/mol. The summed E-state index contributed by atoms with van der Waals surface area (Å²) >= 11 is 0. The predicted molar refractivity (Wildman–Crippen MR) is 48.8 cm³/mol. The first-order chi connectivity index (χ1) is 7.09. The summed E-state index contributed by atoms with van der Waals surface area (Å²) in [5.74, 6) is -2.35. The second-order valence-electron chi connectivity index (χ2n) is 2.75. The molecule has 0 aliphatic heterocycles. The summed E-state index contributed by atoms with van der Waals surface area (Å²) in [7, 11) is 0. The summed E-state index contributed by atoms with van der Waals surface area (Å²) < 4.78 is 12.6. The van der Waals surface area contributed by atoms with Gasteiger partial charge >= 0.3 is 5.97 Å². The number of carboxylic acids is 1. The molecule has 1 rings (SSSR count). The predicted octanol–water partition coefficient (Wildman–Crippen LogP) is 0.425. The van der Waals surface area contributed by atoms with Crippen LogP contribution in [0.2, 0.25) is 0 Å². The highest BCUT2D eigenvalue weighted by molar-refractivity contribution is 5.92. The Balaban J connectivity index is 2.50. The standard InChI is InChI=1S/C9H9FN2O3/c10-7-3-1-2-6(12-7)9(15)11-5-4-8(13)14/h1-3H,4-5H2,(H,11,15)(H,13,14). The van der Waals surface area contributed by atoms with E-state index in [-0.39, 0.29) is 18.7 Å². The van der Waals surface area contributed by atoms with Gasteiger partial charge in [0.1, 0.15) is 5.69 Å². The monoisotopic (exact) mass is 212 g/mol. The van der Waals surface area contributed by atoms with Gasteiger partial charge in [0, 0.05) is 6.54 Å². The Kier molecular flexibility index (Phi) is 3.73. The molecule has 0 unspecified atom stereocenters. The van der Waals surface area contributed by atoms with Crippen molar-refractivity contribution < 1.29 is 19.1 Å². The number of hydrogen-bond donors (Lipinski definition) is 2. The summed E-state index contributed by atoms with van der Waals surface area (Å²) in [5, 5.41) is 10.6. The highest BCUT2D eigenvalue weighted by atomic mass is 19.1. The fraction of sp³-hybridized carbons (Fsp3) is 0.222. The number of carboxylic acid groups (broad SMARTS) is 1. The minimum absolute atomic E-state index is 0.00758. The molecule has 0 radical (unpaired) electrons. The molecule has 80 valence electrons. The lowest BCUT2D eigenvalue weighted by atomic mass is 10.3. The summed E-state index contributed by atoms with van der Waals surface area (Å²) in [4.78, 5) is 24.7. The molecule has 0 saturated carbocycles. The quantitative estimate of drug-likeness (QED) is 0.709. The minimum atomic E-state index is -1.01. The fourth-order valence-electron chi connectivity index (χ4n) is 0.908. The van der Waals surface area contributed by atoms with Crippen LogP contribution in [0.5, 0.6) is 0 Å². The molecule has 1 amide bonds. The number of hydrogen-bond acceptors (Lipinski definition) is 3. The molecule has 0 bridgehead atoms. The van der Waals surface area contributed by atoms with Crippen molar-refractivity contribution in [3.63, 3.8) is 0 Å². The van der Waals surface area contributed by atoms with Crippen LogP contribution in [0, 0.1) is 5.95 Å². The van der Waals surface area contributed by atoms with E-state index in [2.05, 4.69) is 10.3 Å². The van der Waals surface area contributed by atoms with Crippen LogP contribution in [-0.4, -0.2) is 28.5 Å². The number of carbonyl (C=O) groups excluding carboxylic acids is 1. The van der Waals surface area contributed by atoms with E-state index in [0.717, 1.165) is 6.07 Å². The number of aromatic nitrogens is 1. The molecule has 15 heavy (non-hydrogen) atoms. The van der Waals surface area contributed by atoms with Crippen LogP contribution in [0.4, 0.5) is 4.39 Å². The lowest BCUT2D eigenvalue weighted by Crippen LogP contribution is -2.26. The summed E-state index contributed by atoms with van der Waals surface area (Å²) in [5.41, 5.74) is -0.0691. The first-order valence-corrected chi connectivity index (χ1v) is 4.22. The third kappa shape index (κ3) is 3.72. The van der Waals surface area contributed by atoms with Gasteiger partial charge in [0.2, 0.25) is 5.95 Å². The summed E-state index contributed by atoms with van der Waals surface area (Å²) in [6.07, 6.45) is -0.180. The van der Waals surface area contributed by atoms with Gasteiger partial charge in [-0.3, -0.25) is 9.59 Å². The Morgan fingerprint density at radius 3 is 2.80 bits per heavy atom. The van der Waals surface area contributed by atoms with Crippen molar-refractivity contribution in [3.05, 3.63) is 29.8 Å². The van der Waals surface area contributed by atoms with E-state index in [9.17, 15) is 14.0 Å². The van der Waals surface area contributed by atoms with E-state index in [1.807, 2.05) is 0 Å². The maximum atomic E-state index is 12.6. The molecule has 0 saturated heterocycles. The van der Waals surface area contributed by atoms with Gasteiger partial charge in [-0.1, -0.05) is 6.07 Å². The van der Waals surface area contributed by atoms with Crippen LogP contribution in [0.15, 0.2) is 18.2 Å². The molecule has 6 heteroatoms. The molecule has 0 aliphatic rings. The molecule has 1 aromatic rings. The SMILES string of the molecule is O=C(O)CCNC(=O)c1cccc(F)n1. The van der Waals surface area contributed by atoms with Crippen LogP contribution >= 0.6 is 0 Å². The summed E-state index contributed by atoms with van der Waals surface area (Å²) in [6.45, 7) is -0.00758. The second kappa shape index (κ2) is 5.04. The third-order valence-electron chi connectivity index (χ3n) is 1.57. The van der Waals surface area contributed by atoms with Crippen molar-refractivity contribution in [3.8, 4) is 0 Å². The molecule has 0 spiro atoms. The van der Waals surface area contributed by atoms with E-state index >= 15 is 0 Å². The molecule has 5 nitrogen and oxygen atoms in total. The maximum Gasteiger partial charge on any atom is 0.305 e. The van der Waals surface area contributed by atoms with E-state index in [4.69, 9.17) is 5.11 Å². The van der Waals surface area contributed by atoms with Gasteiger partial charge in [-0.15, -0.1) is 0 Å². The normalized spacial score (nSPS) is 9.67. The van der Waals surface area contributed by atoms with Gasteiger partial charge in [-0.25, -0.2) is 4.98 Å². The minimum Gasteiger partial charge on any atom is -0.481 e. The Labute approximate surface area is 84.9 Å². The number of halogens is 1.